The number of ether oxygens (including phenoxy) is 1. The highest BCUT2D eigenvalue weighted by atomic mass is 16.5. The summed E-state index contributed by atoms with van der Waals surface area (Å²) in [7, 11) is 4.11. The predicted molar refractivity (Wildman–Crippen MR) is 86.2 cm³/mol. The monoisotopic (exact) mass is 288 g/mol. The second-order valence-corrected chi connectivity index (χ2v) is 6.07. The van der Waals surface area contributed by atoms with Crippen LogP contribution in [0.15, 0.2) is 0 Å². The number of aliphatic hydroxyl groups excluding tert-OH is 1. The SMILES string of the molecule is CCCCCCCCOCC(O)CNC(C)CN(C)C. The maximum atomic E-state index is 9.80. The molecule has 0 spiro atoms. The van der Waals surface area contributed by atoms with Crippen molar-refractivity contribution in [1.29, 1.82) is 0 Å². The summed E-state index contributed by atoms with van der Waals surface area (Å²) in [5.74, 6) is 0. The molecule has 0 bridgehead atoms. The number of hydrogen-bond acceptors (Lipinski definition) is 4. The van der Waals surface area contributed by atoms with Gasteiger partial charge in [-0.3, -0.25) is 0 Å². The molecule has 0 saturated heterocycles. The minimum absolute atomic E-state index is 0.387. The summed E-state index contributed by atoms with van der Waals surface area (Å²) in [6.45, 7) is 7.16. The quantitative estimate of drug-likeness (QED) is 0.481. The molecule has 0 saturated carbocycles. The topological polar surface area (TPSA) is 44.7 Å². The van der Waals surface area contributed by atoms with Gasteiger partial charge in [0, 0.05) is 25.7 Å². The summed E-state index contributed by atoms with van der Waals surface area (Å²) in [6.07, 6.45) is 7.24. The largest absolute Gasteiger partial charge is 0.389 e. The van der Waals surface area contributed by atoms with Crippen molar-refractivity contribution in [3.8, 4) is 0 Å². The van der Waals surface area contributed by atoms with Gasteiger partial charge in [0.15, 0.2) is 0 Å². The molecule has 2 unspecified atom stereocenters. The summed E-state index contributed by atoms with van der Waals surface area (Å²) < 4.78 is 5.51. The van der Waals surface area contributed by atoms with Crippen LogP contribution in [-0.4, -0.2) is 62.6 Å². The third-order valence-corrected chi connectivity index (χ3v) is 3.29. The highest BCUT2D eigenvalue weighted by Crippen LogP contribution is 2.04. The van der Waals surface area contributed by atoms with Crippen molar-refractivity contribution in [3.63, 3.8) is 0 Å². The molecule has 0 aromatic heterocycles. The zero-order valence-corrected chi connectivity index (χ0v) is 14.0. The number of rotatable bonds is 14. The first kappa shape index (κ1) is 19.8. The van der Waals surface area contributed by atoms with Crippen LogP contribution in [0.3, 0.4) is 0 Å². The normalized spacial score (nSPS) is 14.7. The molecule has 0 amide bonds. The number of likely N-dealkylation sites (N-methyl/N-ethyl adjacent to an activating group) is 1. The van der Waals surface area contributed by atoms with Gasteiger partial charge in [-0.1, -0.05) is 39.0 Å². The Morgan fingerprint density at radius 3 is 2.40 bits per heavy atom. The van der Waals surface area contributed by atoms with E-state index in [0.29, 0.717) is 19.2 Å². The van der Waals surface area contributed by atoms with Crippen LogP contribution in [0, 0.1) is 0 Å². The van der Waals surface area contributed by atoms with Crippen molar-refractivity contribution >= 4 is 0 Å². The highest BCUT2D eigenvalue weighted by molar-refractivity contribution is 4.67. The van der Waals surface area contributed by atoms with E-state index in [9.17, 15) is 5.11 Å². The van der Waals surface area contributed by atoms with Gasteiger partial charge in [-0.2, -0.15) is 0 Å². The Hall–Kier alpha value is -0.160. The fourth-order valence-corrected chi connectivity index (χ4v) is 2.21. The van der Waals surface area contributed by atoms with E-state index in [4.69, 9.17) is 4.74 Å². The van der Waals surface area contributed by atoms with Crippen molar-refractivity contribution in [2.24, 2.45) is 0 Å². The molecule has 0 aromatic rings. The van der Waals surface area contributed by atoms with Crippen molar-refractivity contribution in [1.82, 2.24) is 10.2 Å². The van der Waals surface area contributed by atoms with Crippen LogP contribution in [0.2, 0.25) is 0 Å². The maximum absolute atomic E-state index is 9.80. The molecule has 0 radical (unpaired) electrons. The van der Waals surface area contributed by atoms with Gasteiger partial charge in [0.05, 0.1) is 12.7 Å². The lowest BCUT2D eigenvalue weighted by molar-refractivity contribution is 0.0340. The molecule has 20 heavy (non-hydrogen) atoms. The second-order valence-electron chi connectivity index (χ2n) is 6.07. The smallest absolute Gasteiger partial charge is 0.0897 e. The average molecular weight is 288 g/mol. The van der Waals surface area contributed by atoms with Crippen LogP contribution in [-0.2, 0) is 4.74 Å². The van der Waals surface area contributed by atoms with E-state index >= 15 is 0 Å². The molecule has 2 N–H and O–H groups in total. The summed E-state index contributed by atoms with van der Waals surface area (Å²) in [6, 6.07) is 0.387. The van der Waals surface area contributed by atoms with Gasteiger partial charge < -0.3 is 20.1 Å². The molecule has 0 aliphatic rings. The Bertz CT molecular complexity index is 201. The zero-order chi connectivity index (χ0) is 15.2. The first-order chi connectivity index (χ1) is 9.56. The standard InChI is InChI=1S/C16H36N2O2/c1-5-6-7-8-9-10-11-20-14-16(19)12-17-15(2)13-18(3)4/h15-17,19H,5-14H2,1-4H3. The van der Waals surface area contributed by atoms with Gasteiger partial charge in [-0.25, -0.2) is 0 Å². The summed E-state index contributed by atoms with van der Waals surface area (Å²) in [5, 5.41) is 13.1. The van der Waals surface area contributed by atoms with Crippen LogP contribution in [0.25, 0.3) is 0 Å². The van der Waals surface area contributed by atoms with Crippen LogP contribution in [0.1, 0.15) is 52.4 Å². The van der Waals surface area contributed by atoms with Gasteiger partial charge in [-0.15, -0.1) is 0 Å². The average Bonchev–Trinajstić information content (AvgIpc) is 2.38. The first-order valence-corrected chi connectivity index (χ1v) is 8.20. The van der Waals surface area contributed by atoms with E-state index < -0.39 is 6.10 Å². The van der Waals surface area contributed by atoms with Gasteiger partial charge in [0.2, 0.25) is 0 Å². The number of hydrogen-bond donors (Lipinski definition) is 2. The number of nitrogens with one attached hydrogen (secondary N) is 1. The van der Waals surface area contributed by atoms with Crippen LogP contribution < -0.4 is 5.32 Å². The fraction of sp³-hybridized carbons (Fsp3) is 1.00. The van der Waals surface area contributed by atoms with E-state index in [2.05, 4.69) is 38.2 Å². The van der Waals surface area contributed by atoms with Crippen LogP contribution >= 0.6 is 0 Å². The zero-order valence-electron chi connectivity index (χ0n) is 14.0. The lowest BCUT2D eigenvalue weighted by Gasteiger charge is -2.20. The molecular formula is C16H36N2O2. The molecule has 0 aliphatic heterocycles. The van der Waals surface area contributed by atoms with Crippen molar-refractivity contribution < 1.29 is 9.84 Å². The Morgan fingerprint density at radius 1 is 1.10 bits per heavy atom. The van der Waals surface area contributed by atoms with Gasteiger partial charge in [-0.05, 0) is 27.4 Å². The number of aliphatic hydroxyl groups is 1. The Kier molecular flexibility index (Phi) is 13.7. The molecule has 2 atom stereocenters. The molecule has 0 heterocycles. The van der Waals surface area contributed by atoms with Gasteiger partial charge in [0.25, 0.3) is 0 Å². The molecule has 4 nitrogen and oxygen atoms in total. The van der Waals surface area contributed by atoms with E-state index in [1.54, 1.807) is 0 Å². The number of nitrogens with zero attached hydrogens (tertiary/aromatic N) is 1. The molecule has 122 valence electrons. The van der Waals surface area contributed by atoms with Crippen LogP contribution in [0.5, 0.6) is 0 Å². The summed E-state index contributed by atoms with van der Waals surface area (Å²) in [5.41, 5.74) is 0. The van der Waals surface area contributed by atoms with E-state index in [0.717, 1.165) is 19.6 Å². The number of unbranched alkanes of at least 4 members (excludes halogenated alkanes) is 5. The highest BCUT2D eigenvalue weighted by Gasteiger charge is 2.07. The Labute approximate surface area is 125 Å². The van der Waals surface area contributed by atoms with E-state index in [1.807, 2.05) is 0 Å². The van der Waals surface area contributed by atoms with Crippen molar-refractivity contribution in [2.75, 3.05) is 40.4 Å². The minimum atomic E-state index is -0.403. The lowest BCUT2D eigenvalue weighted by Crippen LogP contribution is -2.41. The van der Waals surface area contributed by atoms with Crippen molar-refractivity contribution in [2.45, 2.75) is 64.5 Å². The molecule has 4 heteroatoms. The summed E-state index contributed by atoms with van der Waals surface area (Å²) in [4.78, 5) is 2.14. The molecular weight excluding hydrogens is 252 g/mol. The second kappa shape index (κ2) is 13.8. The Balaban J connectivity index is 3.30. The van der Waals surface area contributed by atoms with Gasteiger partial charge in [0.1, 0.15) is 0 Å². The molecule has 0 aliphatic carbocycles. The minimum Gasteiger partial charge on any atom is -0.389 e. The maximum Gasteiger partial charge on any atom is 0.0897 e. The summed E-state index contributed by atoms with van der Waals surface area (Å²) >= 11 is 0. The predicted octanol–water partition coefficient (Wildman–Crippen LogP) is 2.26. The first-order valence-electron chi connectivity index (χ1n) is 8.20. The van der Waals surface area contributed by atoms with E-state index in [-0.39, 0.29) is 0 Å². The van der Waals surface area contributed by atoms with E-state index in [1.165, 1.54) is 32.1 Å². The van der Waals surface area contributed by atoms with Gasteiger partial charge >= 0.3 is 0 Å². The Morgan fingerprint density at radius 2 is 1.75 bits per heavy atom. The third kappa shape index (κ3) is 14.3. The molecule has 0 aromatic carbocycles. The molecule has 0 rings (SSSR count). The fourth-order valence-electron chi connectivity index (χ4n) is 2.21. The molecule has 0 fully saturated rings. The lowest BCUT2D eigenvalue weighted by atomic mass is 10.1. The van der Waals surface area contributed by atoms with Crippen molar-refractivity contribution in [3.05, 3.63) is 0 Å². The third-order valence-electron chi connectivity index (χ3n) is 3.29. The van der Waals surface area contributed by atoms with Crippen LogP contribution in [0.4, 0.5) is 0 Å².